The number of nitrogens with two attached hydrogens (primary N) is 1. The van der Waals surface area contributed by atoms with Gasteiger partial charge in [0.15, 0.2) is 6.10 Å². The lowest BCUT2D eigenvalue weighted by Crippen LogP contribution is -2.31. The van der Waals surface area contributed by atoms with Gasteiger partial charge in [-0.25, -0.2) is 4.98 Å². The van der Waals surface area contributed by atoms with Crippen molar-refractivity contribution in [3.8, 4) is 5.75 Å². The number of amidine groups is 1. The lowest BCUT2D eigenvalue weighted by Gasteiger charge is -2.13. The molecule has 14 heavy (non-hydrogen) atoms. The van der Waals surface area contributed by atoms with Crippen LogP contribution in [0.5, 0.6) is 5.75 Å². The minimum absolute atomic E-state index is 0.261. The van der Waals surface area contributed by atoms with Gasteiger partial charge in [0.2, 0.25) is 0 Å². The van der Waals surface area contributed by atoms with Gasteiger partial charge in [-0.3, -0.25) is 4.99 Å². The molecule has 1 atom stereocenters. The highest BCUT2D eigenvalue weighted by Crippen LogP contribution is 2.13. The van der Waals surface area contributed by atoms with Crippen molar-refractivity contribution in [2.24, 2.45) is 10.7 Å². The van der Waals surface area contributed by atoms with E-state index in [9.17, 15) is 0 Å². The van der Waals surface area contributed by atoms with E-state index in [-0.39, 0.29) is 6.10 Å². The molecule has 0 aliphatic heterocycles. The van der Waals surface area contributed by atoms with Crippen LogP contribution in [0.2, 0.25) is 5.15 Å². The molecule has 0 radical (unpaired) electrons. The number of halogens is 1. The van der Waals surface area contributed by atoms with Gasteiger partial charge >= 0.3 is 0 Å². The van der Waals surface area contributed by atoms with E-state index in [2.05, 4.69) is 9.98 Å². The molecule has 0 saturated carbocycles. The second-order valence-electron chi connectivity index (χ2n) is 2.73. The van der Waals surface area contributed by atoms with Gasteiger partial charge in [0.1, 0.15) is 16.7 Å². The summed E-state index contributed by atoms with van der Waals surface area (Å²) in [5, 5.41) is 0.433. The zero-order valence-corrected chi connectivity index (χ0v) is 8.82. The molecule has 4 nitrogen and oxygen atoms in total. The number of nitrogens with zero attached hydrogens (tertiary/aromatic N) is 2. The Morgan fingerprint density at radius 3 is 2.86 bits per heavy atom. The maximum absolute atomic E-state index is 5.62. The molecule has 76 valence electrons. The first-order valence-electron chi connectivity index (χ1n) is 4.14. The maximum Gasteiger partial charge on any atom is 0.152 e. The second-order valence-corrected chi connectivity index (χ2v) is 3.11. The first-order chi connectivity index (χ1) is 6.63. The van der Waals surface area contributed by atoms with E-state index in [0.717, 1.165) is 0 Å². The van der Waals surface area contributed by atoms with Gasteiger partial charge in [-0.2, -0.15) is 0 Å². The fourth-order valence-electron chi connectivity index (χ4n) is 0.878. The van der Waals surface area contributed by atoms with Crippen LogP contribution in [0.25, 0.3) is 0 Å². The zero-order valence-electron chi connectivity index (χ0n) is 8.07. The fraction of sp³-hybridized carbons (Fsp3) is 0.333. The molecule has 0 aromatic carbocycles. The average molecular weight is 214 g/mol. The topological polar surface area (TPSA) is 60.5 Å². The van der Waals surface area contributed by atoms with Crippen molar-refractivity contribution < 1.29 is 4.74 Å². The predicted molar refractivity (Wildman–Crippen MR) is 56.9 cm³/mol. The molecule has 1 unspecified atom stereocenters. The van der Waals surface area contributed by atoms with Crippen LogP contribution in [0.3, 0.4) is 0 Å². The SMILES string of the molecule is C/N=C(/N)C(C)Oc1ccc(Cl)nc1. The van der Waals surface area contributed by atoms with Gasteiger partial charge in [0.05, 0.1) is 6.20 Å². The molecule has 0 fully saturated rings. The number of aromatic nitrogens is 1. The van der Waals surface area contributed by atoms with Crippen LogP contribution in [0.4, 0.5) is 0 Å². The van der Waals surface area contributed by atoms with Crippen molar-refractivity contribution in [3.05, 3.63) is 23.5 Å². The molecule has 1 heterocycles. The Bertz CT molecular complexity index is 323. The van der Waals surface area contributed by atoms with Crippen LogP contribution in [0, 0.1) is 0 Å². The van der Waals surface area contributed by atoms with Gasteiger partial charge in [-0.1, -0.05) is 11.6 Å². The van der Waals surface area contributed by atoms with Crippen LogP contribution in [-0.2, 0) is 0 Å². The third-order valence-electron chi connectivity index (χ3n) is 1.69. The molecule has 0 saturated heterocycles. The summed E-state index contributed by atoms with van der Waals surface area (Å²) in [5.74, 6) is 1.06. The molecule has 1 aromatic rings. The minimum atomic E-state index is -0.261. The summed E-state index contributed by atoms with van der Waals surface area (Å²) < 4.78 is 5.45. The van der Waals surface area contributed by atoms with E-state index < -0.39 is 0 Å². The lowest BCUT2D eigenvalue weighted by molar-refractivity contribution is 0.284. The fourth-order valence-corrected chi connectivity index (χ4v) is 0.990. The van der Waals surface area contributed by atoms with E-state index in [1.807, 2.05) is 6.92 Å². The third-order valence-corrected chi connectivity index (χ3v) is 1.91. The molecule has 0 spiro atoms. The van der Waals surface area contributed by atoms with Crippen LogP contribution < -0.4 is 10.5 Å². The summed E-state index contributed by atoms with van der Waals surface area (Å²) in [6.45, 7) is 1.82. The van der Waals surface area contributed by atoms with E-state index in [1.165, 1.54) is 0 Å². The van der Waals surface area contributed by atoms with Gasteiger partial charge in [0.25, 0.3) is 0 Å². The minimum Gasteiger partial charge on any atom is -0.481 e. The summed E-state index contributed by atoms with van der Waals surface area (Å²) >= 11 is 5.62. The quantitative estimate of drug-likeness (QED) is 0.470. The summed E-state index contributed by atoms with van der Waals surface area (Å²) in [4.78, 5) is 7.70. The molecule has 5 heteroatoms. The molecule has 0 aliphatic rings. The van der Waals surface area contributed by atoms with Crippen LogP contribution in [0.15, 0.2) is 23.3 Å². The first kappa shape index (κ1) is 10.8. The summed E-state index contributed by atoms with van der Waals surface area (Å²) in [6.07, 6.45) is 1.28. The Morgan fingerprint density at radius 2 is 2.36 bits per heavy atom. The Hall–Kier alpha value is -1.29. The number of hydrogen-bond acceptors (Lipinski definition) is 3. The largest absolute Gasteiger partial charge is 0.481 e. The highest BCUT2D eigenvalue weighted by molar-refractivity contribution is 6.29. The molecule has 2 N–H and O–H groups in total. The molecular formula is C9H12ClN3O. The predicted octanol–water partition coefficient (Wildman–Crippen LogP) is 1.49. The van der Waals surface area contributed by atoms with Crippen molar-refractivity contribution >= 4 is 17.4 Å². The number of ether oxygens (including phenoxy) is 1. The van der Waals surface area contributed by atoms with Crippen molar-refractivity contribution in [1.29, 1.82) is 0 Å². The second kappa shape index (κ2) is 4.81. The number of rotatable bonds is 3. The highest BCUT2D eigenvalue weighted by Gasteiger charge is 2.07. The Labute approximate surface area is 87.8 Å². The lowest BCUT2D eigenvalue weighted by atomic mass is 10.3. The van der Waals surface area contributed by atoms with Crippen molar-refractivity contribution in [1.82, 2.24) is 4.98 Å². The first-order valence-corrected chi connectivity index (χ1v) is 4.51. The van der Waals surface area contributed by atoms with Gasteiger partial charge in [-0.15, -0.1) is 0 Å². The Balaban J connectivity index is 2.65. The van der Waals surface area contributed by atoms with E-state index in [1.54, 1.807) is 25.4 Å². The normalized spacial score (nSPS) is 13.8. The number of pyridine rings is 1. The van der Waals surface area contributed by atoms with Crippen molar-refractivity contribution in [3.63, 3.8) is 0 Å². The smallest absolute Gasteiger partial charge is 0.152 e. The number of aliphatic imine (C=N–C) groups is 1. The molecule has 1 aromatic heterocycles. The summed E-state index contributed by atoms with van der Waals surface area (Å²) in [5.41, 5.74) is 5.57. The molecule has 0 aliphatic carbocycles. The maximum atomic E-state index is 5.62. The van der Waals surface area contributed by atoms with E-state index in [0.29, 0.717) is 16.7 Å². The molecular weight excluding hydrogens is 202 g/mol. The highest BCUT2D eigenvalue weighted by atomic mass is 35.5. The monoisotopic (exact) mass is 213 g/mol. The van der Waals surface area contributed by atoms with Crippen LogP contribution in [-0.4, -0.2) is 24.0 Å². The summed E-state index contributed by atoms with van der Waals surface area (Å²) in [7, 11) is 1.62. The Morgan fingerprint density at radius 1 is 1.64 bits per heavy atom. The van der Waals surface area contributed by atoms with Crippen LogP contribution >= 0.6 is 11.6 Å². The van der Waals surface area contributed by atoms with Gasteiger partial charge in [-0.05, 0) is 19.1 Å². The average Bonchev–Trinajstić information content (AvgIpc) is 2.20. The molecule has 1 rings (SSSR count). The molecule has 0 bridgehead atoms. The van der Waals surface area contributed by atoms with E-state index in [4.69, 9.17) is 22.1 Å². The van der Waals surface area contributed by atoms with Gasteiger partial charge < -0.3 is 10.5 Å². The standard InChI is InChI=1S/C9H12ClN3O/c1-6(9(11)12-2)14-7-3-4-8(10)13-5-7/h3-6H,1-2H3,(H2,11,12). The molecule has 0 amide bonds. The van der Waals surface area contributed by atoms with Crippen LogP contribution in [0.1, 0.15) is 6.92 Å². The zero-order chi connectivity index (χ0) is 10.6. The van der Waals surface area contributed by atoms with E-state index >= 15 is 0 Å². The van der Waals surface area contributed by atoms with Crippen molar-refractivity contribution in [2.75, 3.05) is 7.05 Å². The van der Waals surface area contributed by atoms with Crippen molar-refractivity contribution in [2.45, 2.75) is 13.0 Å². The summed E-state index contributed by atoms with van der Waals surface area (Å²) in [6, 6.07) is 3.39. The third kappa shape index (κ3) is 2.88. The Kier molecular flexibility index (Phi) is 3.71. The van der Waals surface area contributed by atoms with Gasteiger partial charge in [0, 0.05) is 7.05 Å². The number of hydrogen-bond donors (Lipinski definition) is 1.